The quantitative estimate of drug-likeness (QED) is 0.736. The van der Waals surface area contributed by atoms with Gasteiger partial charge >= 0.3 is 6.03 Å². The van der Waals surface area contributed by atoms with Gasteiger partial charge in [-0.25, -0.2) is 4.79 Å². The van der Waals surface area contributed by atoms with Crippen molar-refractivity contribution in [3.8, 4) is 0 Å². The van der Waals surface area contributed by atoms with Crippen molar-refractivity contribution in [2.45, 2.75) is 25.8 Å². The lowest BCUT2D eigenvalue weighted by molar-refractivity contribution is -0.120. The molecule has 0 radical (unpaired) electrons. The molecule has 5 nitrogen and oxygen atoms in total. The molecule has 90 valence electrons. The number of nitrogens with one attached hydrogen (secondary N) is 1. The molecular formula is C11H19N3O2. The minimum atomic E-state index is 0.0459. The zero-order chi connectivity index (χ0) is 11.5. The van der Waals surface area contributed by atoms with Gasteiger partial charge in [-0.05, 0) is 6.42 Å². The highest BCUT2D eigenvalue weighted by Crippen LogP contribution is 2.14. The third-order valence-corrected chi connectivity index (χ3v) is 3.25. The van der Waals surface area contributed by atoms with Gasteiger partial charge in [0.1, 0.15) is 5.78 Å². The van der Waals surface area contributed by atoms with Crippen LogP contribution < -0.4 is 5.32 Å². The monoisotopic (exact) mass is 225 g/mol. The van der Waals surface area contributed by atoms with Crippen molar-refractivity contribution in [2.75, 3.05) is 32.7 Å². The van der Waals surface area contributed by atoms with Gasteiger partial charge in [0.15, 0.2) is 0 Å². The van der Waals surface area contributed by atoms with E-state index in [1.807, 2.05) is 11.8 Å². The van der Waals surface area contributed by atoms with E-state index in [4.69, 9.17) is 0 Å². The average molecular weight is 225 g/mol. The highest BCUT2D eigenvalue weighted by atomic mass is 16.2. The minimum absolute atomic E-state index is 0.0459. The standard InChI is InChI=1S/C11H19N3O2/c1-2-3-10(15)8-13-4-5-14-9(7-13)6-12-11(14)16/h9H,2-8H2,1H3,(H,12,16). The lowest BCUT2D eigenvalue weighted by atomic mass is 10.1. The molecule has 0 aliphatic carbocycles. The molecule has 0 aromatic rings. The van der Waals surface area contributed by atoms with E-state index in [0.717, 1.165) is 32.6 Å². The third kappa shape index (κ3) is 2.35. The summed E-state index contributed by atoms with van der Waals surface area (Å²) in [5.41, 5.74) is 0. The maximum Gasteiger partial charge on any atom is 0.317 e. The van der Waals surface area contributed by atoms with Crippen molar-refractivity contribution in [3.05, 3.63) is 0 Å². The molecule has 5 heteroatoms. The molecule has 2 heterocycles. The van der Waals surface area contributed by atoms with Crippen LogP contribution >= 0.6 is 0 Å². The molecular weight excluding hydrogens is 206 g/mol. The number of ketones is 1. The van der Waals surface area contributed by atoms with Crippen LogP contribution in [0.25, 0.3) is 0 Å². The second-order valence-electron chi connectivity index (χ2n) is 4.56. The number of carbonyl (C=O) groups excluding carboxylic acids is 2. The molecule has 1 unspecified atom stereocenters. The topological polar surface area (TPSA) is 52.7 Å². The molecule has 16 heavy (non-hydrogen) atoms. The van der Waals surface area contributed by atoms with Gasteiger partial charge in [-0.15, -0.1) is 0 Å². The van der Waals surface area contributed by atoms with Crippen molar-refractivity contribution in [3.63, 3.8) is 0 Å². The Morgan fingerprint density at radius 2 is 2.31 bits per heavy atom. The van der Waals surface area contributed by atoms with Crippen LogP contribution in [0, 0.1) is 0 Å². The number of carbonyl (C=O) groups is 2. The second kappa shape index (κ2) is 4.82. The Balaban J connectivity index is 1.83. The number of hydrogen-bond acceptors (Lipinski definition) is 3. The van der Waals surface area contributed by atoms with Gasteiger partial charge in [0.05, 0.1) is 12.6 Å². The molecule has 0 bridgehead atoms. The Labute approximate surface area is 95.8 Å². The fraction of sp³-hybridized carbons (Fsp3) is 0.818. The van der Waals surface area contributed by atoms with E-state index in [2.05, 4.69) is 10.2 Å². The van der Waals surface area contributed by atoms with E-state index in [0.29, 0.717) is 18.7 Å². The molecule has 1 N–H and O–H groups in total. The van der Waals surface area contributed by atoms with Crippen molar-refractivity contribution in [1.29, 1.82) is 0 Å². The summed E-state index contributed by atoms with van der Waals surface area (Å²) < 4.78 is 0. The Hall–Kier alpha value is -1.10. The lowest BCUT2D eigenvalue weighted by Gasteiger charge is -2.35. The largest absolute Gasteiger partial charge is 0.336 e. The summed E-state index contributed by atoms with van der Waals surface area (Å²) in [6.07, 6.45) is 1.59. The summed E-state index contributed by atoms with van der Waals surface area (Å²) in [5, 5.41) is 2.84. The van der Waals surface area contributed by atoms with Gasteiger partial charge in [0.25, 0.3) is 0 Å². The number of rotatable bonds is 4. The Morgan fingerprint density at radius 3 is 3.06 bits per heavy atom. The fourth-order valence-corrected chi connectivity index (χ4v) is 2.42. The highest BCUT2D eigenvalue weighted by Gasteiger charge is 2.35. The Bertz CT molecular complexity index is 293. The number of fused-ring (bicyclic) bond motifs is 1. The first-order valence-electron chi connectivity index (χ1n) is 5.99. The van der Waals surface area contributed by atoms with Gasteiger partial charge in [0.2, 0.25) is 0 Å². The summed E-state index contributed by atoms with van der Waals surface area (Å²) >= 11 is 0. The number of piperazine rings is 1. The van der Waals surface area contributed by atoms with Gasteiger partial charge in [0, 0.05) is 32.6 Å². The van der Waals surface area contributed by atoms with Crippen LogP contribution in [-0.4, -0.2) is 60.4 Å². The van der Waals surface area contributed by atoms with Crippen LogP contribution in [0.2, 0.25) is 0 Å². The van der Waals surface area contributed by atoms with Crippen molar-refractivity contribution in [2.24, 2.45) is 0 Å². The summed E-state index contributed by atoms with van der Waals surface area (Å²) in [5.74, 6) is 0.313. The maximum atomic E-state index is 11.5. The normalized spacial score (nSPS) is 25.4. The van der Waals surface area contributed by atoms with Crippen molar-refractivity contribution in [1.82, 2.24) is 15.1 Å². The van der Waals surface area contributed by atoms with E-state index in [9.17, 15) is 9.59 Å². The van der Waals surface area contributed by atoms with E-state index in [1.54, 1.807) is 0 Å². The zero-order valence-electron chi connectivity index (χ0n) is 9.74. The molecule has 2 fully saturated rings. The molecule has 2 amide bonds. The highest BCUT2D eigenvalue weighted by molar-refractivity contribution is 5.80. The average Bonchev–Trinajstić information content (AvgIpc) is 2.60. The smallest absolute Gasteiger partial charge is 0.317 e. The molecule has 0 spiro atoms. The lowest BCUT2D eigenvalue weighted by Crippen LogP contribution is -2.53. The number of hydrogen-bond donors (Lipinski definition) is 1. The summed E-state index contributed by atoms with van der Waals surface area (Å²) in [4.78, 5) is 26.9. The number of Topliss-reactive ketones (excluding diaryl/α,β-unsaturated/α-hetero) is 1. The molecule has 0 aromatic heterocycles. The van der Waals surface area contributed by atoms with Crippen molar-refractivity contribution < 1.29 is 9.59 Å². The van der Waals surface area contributed by atoms with Crippen molar-refractivity contribution >= 4 is 11.8 Å². The van der Waals surface area contributed by atoms with Gasteiger partial charge in [-0.3, -0.25) is 9.69 Å². The van der Waals surface area contributed by atoms with Crippen LogP contribution in [0.5, 0.6) is 0 Å². The number of nitrogens with zero attached hydrogens (tertiary/aromatic N) is 2. The van der Waals surface area contributed by atoms with E-state index in [1.165, 1.54) is 0 Å². The summed E-state index contributed by atoms with van der Waals surface area (Å²) in [6.45, 7) is 5.68. The molecule has 2 aliphatic rings. The molecule has 2 saturated heterocycles. The Morgan fingerprint density at radius 1 is 1.50 bits per heavy atom. The van der Waals surface area contributed by atoms with Crippen LogP contribution in [0.3, 0.4) is 0 Å². The first-order valence-corrected chi connectivity index (χ1v) is 5.99. The third-order valence-electron chi connectivity index (χ3n) is 3.25. The van der Waals surface area contributed by atoms with Crippen LogP contribution in [0.4, 0.5) is 4.79 Å². The Kier molecular flexibility index (Phi) is 3.43. The summed E-state index contributed by atoms with van der Waals surface area (Å²) in [6, 6.07) is 0.306. The van der Waals surface area contributed by atoms with Gasteiger partial charge in [-0.2, -0.15) is 0 Å². The molecule has 1 atom stereocenters. The number of urea groups is 1. The first-order chi connectivity index (χ1) is 7.70. The predicted octanol–water partition coefficient (Wildman–Crippen LogP) is 0.0650. The maximum absolute atomic E-state index is 11.5. The molecule has 2 rings (SSSR count). The van der Waals surface area contributed by atoms with Crippen LogP contribution in [0.15, 0.2) is 0 Å². The first kappa shape index (κ1) is 11.4. The van der Waals surface area contributed by atoms with Gasteiger partial charge < -0.3 is 10.2 Å². The van der Waals surface area contributed by atoms with Crippen LogP contribution in [-0.2, 0) is 4.79 Å². The van der Waals surface area contributed by atoms with Crippen LogP contribution in [0.1, 0.15) is 19.8 Å². The number of amides is 2. The van der Waals surface area contributed by atoms with E-state index in [-0.39, 0.29) is 12.1 Å². The minimum Gasteiger partial charge on any atom is -0.336 e. The molecule has 0 saturated carbocycles. The molecule has 0 aromatic carbocycles. The predicted molar refractivity (Wildman–Crippen MR) is 60.2 cm³/mol. The molecule has 2 aliphatic heterocycles. The summed E-state index contributed by atoms with van der Waals surface area (Å²) in [7, 11) is 0. The van der Waals surface area contributed by atoms with E-state index < -0.39 is 0 Å². The SMILES string of the molecule is CCCC(=O)CN1CCN2C(=O)NCC2C1. The second-order valence-corrected chi connectivity index (χ2v) is 4.56. The zero-order valence-corrected chi connectivity index (χ0v) is 9.74. The van der Waals surface area contributed by atoms with E-state index >= 15 is 0 Å². The fourth-order valence-electron chi connectivity index (χ4n) is 2.42. The van der Waals surface area contributed by atoms with Gasteiger partial charge in [-0.1, -0.05) is 6.92 Å².